The van der Waals surface area contributed by atoms with E-state index in [1.165, 1.54) is 10.9 Å². The summed E-state index contributed by atoms with van der Waals surface area (Å²) in [7, 11) is 0. The number of hydrogen-bond acceptors (Lipinski definition) is 4. The molecule has 2 aromatic rings. The Morgan fingerprint density at radius 3 is 2.92 bits per heavy atom. The fraction of sp³-hybridized carbons (Fsp3) is 0.556. The highest BCUT2D eigenvalue weighted by Gasteiger charge is 2.24. The molecule has 6 heteroatoms. The summed E-state index contributed by atoms with van der Waals surface area (Å²) >= 11 is 0. The van der Waals surface area contributed by atoms with Crippen molar-refractivity contribution in [3.8, 4) is 0 Å². The normalized spacial score (nSPS) is 17.0. The molecule has 1 fully saturated rings. The quantitative estimate of drug-likeness (QED) is 0.919. The molecular formula is C18H26N4O2. The molecule has 24 heavy (non-hydrogen) atoms. The molecule has 1 aliphatic heterocycles. The van der Waals surface area contributed by atoms with E-state index in [0.717, 1.165) is 38.1 Å². The molecule has 1 N–H and O–H groups in total. The number of hydrogen-bond donors (Lipinski definition) is 1. The van der Waals surface area contributed by atoms with Crippen molar-refractivity contribution in [3.05, 3.63) is 30.2 Å². The molecule has 2 aromatic heterocycles. The van der Waals surface area contributed by atoms with Crippen LogP contribution in [0.5, 0.6) is 0 Å². The van der Waals surface area contributed by atoms with Crippen LogP contribution in [0.25, 0.3) is 10.9 Å². The number of pyridine rings is 1. The average Bonchev–Trinajstić information content (AvgIpc) is 2.76. The van der Waals surface area contributed by atoms with Gasteiger partial charge in [0.15, 0.2) is 0 Å². The lowest BCUT2D eigenvalue weighted by Crippen LogP contribution is -2.39. The van der Waals surface area contributed by atoms with E-state index >= 15 is 0 Å². The zero-order valence-corrected chi connectivity index (χ0v) is 14.7. The highest BCUT2D eigenvalue weighted by molar-refractivity contribution is 5.82. The van der Waals surface area contributed by atoms with Gasteiger partial charge in [-0.1, -0.05) is 0 Å². The minimum absolute atomic E-state index is 0.206. The van der Waals surface area contributed by atoms with Crippen LogP contribution in [0.2, 0.25) is 0 Å². The minimum Gasteiger partial charge on any atom is -0.444 e. The van der Waals surface area contributed by atoms with Gasteiger partial charge in [-0.2, -0.15) is 0 Å². The molecule has 3 rings (SSSR count). The zero-order chi connectivity index (χ0) is 17.2. The van der Waals surface area contributed by atoms with E-state index in [2.05, 4.69) is 21.1 Å². The van der Waals surface area contributed by atoms with Crippen LogP contribution in [-0.4, -0.2) is 57.6 Å². The number of rotatable bonds is 2. The molecule has 0 saturated carbocycles. The molecule has 0 aromatic carbocycles. The predicted octanol–water partition coefficient (Wildman–Crippen LogP) is 3.01. The van der Waals surface area contributed by atoms with Crippen LogP contribution in [0.15, 0.2) is 24.7 Å². The molecule has 0 radical (unpaired) electrons. The largest absolute Gasteiger partial charge is 0.444 e. The minimum atomic E-state index is -0.443. The number of aromatic nitrogens is 2. The summed E-state index contributed by atoms with van der Waals surface area (Å²) in [5.74, 6) is 0. The van der Waals surface area contributed by atoms with E-state index in [-0.39, 0.29) is 6.09 Å². The topological polar surface area (TPSA) is 61.5 Å². The third kappa shape index (κ3) is 4.06. The van der Waals surface area contributed by atoms with E-state index in [1.807, 2.05) is 44.1 Å². The monoisotopic (exact) mass is 330 g/mol. The van der Waals surface area contributed by atoms with Crippen LogP contribution >= 0.6 is 0 Å². The van der Waals surface area contributed by atoms with Crippen molar-refractivity contribution in [2.45, 2.75) is 39.3 Å². The number of carbonyl (C=O) groups excluding carboxylic acids is 1. The molecule has 0 bridgehead atoms. The summed E-state index contributed by atoms with van der Waals surface area (Å²) < 4.78 is 5.49. The summed E-state index contributed by atoms with van der Waals surface area (Å²) in [6, 6.07) is 2.05. The molecule has 1 amide bonds. The summed E-state index contributed by atoms with van der Waals surface area (Å²) in [6.45, 7) is 9.89. The summed E-state index contributed by atoms with van der Waals surface area (Å²) in [6.07, 6.45) is 6.49. The Morgan fingerprint density at radius 2 is 2.12 bits per heavy atom. The van der Waals surface area contributed by atoms with E-state index in [1.54, 1.807) is 0 Å². The molecule has 3 heterocycles. The lowest BCUT2D eigenvalue weighted by atomic mass is 10.2. The highest BCUT2D eigenvalue weighted by atomic mass is 16.6. The Morgan fingerprint density at radius 1 is 1.29 bits per heavy atom. The number of nitrogens with one attached hydrogen (secondary N) is 1. The summed E-state index contributed by atoms with van der Waals surface area (Å²) in [5, 5.41) is 1.22. The van der Waals surface area contributed by atoms with Gasteiger partial charge in [0, 0.05) is 50.5 Å². The second-order valence-corrected chi connectivity index (χ2v) is 7.33. The molecule has 6 nitrogen and oxygen atoms in total. The molecule has 0 spiro atoms. The molecule has 0 atom stereocenters. The highest BCUT2D eigenvalue weighted by Crippen LogP contribution is 2.19. The first-order valence-corrected chi connectivity index (χ1v) is 8.53. The van der Waals surface area contributed by atoms with E-state index < -0.39 is 5.60 Å². The van der Waals surface area contributed by atoms with Crippen molar-refractivity contribution >= 4 is 17.0 Å². The van der Waals surface area contributed by atoms with Crippen molar-refractivity contribution in [2.24, 2.45) is 0 Å². The molecule has 1 saturated heterocycles. The zero-order valence-electron chi connectivity index (χ0n) is 14.7. The van der Waals surface area contributed by atoms with Crippen LogP contribution < -0.4 is 0 Å². The number of aromatic amines is 1. The third-order valence-corrected chi connectivity index (χ3v) is 4.20. The number of ether oxygens (including phenoxy) is 1. The van der Waals surface area contributed by atoms with E-state index in [9.17, 15) is 4.79 Å². The summed E-state index contributed by atoms with van der Waals surface area (Å²) in [4.78, 5) is 23.9. The van der Waals surface area contributed by atoms with Crippen molar-refractivity contribution in [3.63, 3.8) is 0 Å². The smallest absolute Gasteiger partial charge is 0.410 e. The summed E-state index contributed by atoms with van der Waals surface area (Å²) in [5.41, 5.74) is 1.90. The van der Waals surface area contributed by atoms with Gasteiger partial charge in [-0.25, -0.2) is 4.79 Å². The Balaban J connectivity index is 1.60. The number of H-pyrrole nitrogens is 1. The maximum atomic E-state index is 12.2. The Hall–Kier alpha value is -2.08. The van der Waals surface area contributed by atoms with E-state index in [0.29, 0.717) is 6.54 Å². The number of nitrogens with zero attached hydrogens (tertiary/aromatic N) is 3. The van der Waals surface area contributed by atoms with Gasteiger partial charge in [0.1, 0.15) is 5.60 Å². The molecule has 130 valence electrons. The third-order valence-electron chi connectivity index (χ3n) is 4.20. The maximum absolute atomic E-state index is 12.2. The Kier molecular flexibility index (Phi) is 4.76. The Labute approximate surface area is 142 Å². The van der Waals surface area contributed by atoms with Crippen LogP contribution in [0.4, 0.5) is 4.79 Å². The fourth-order valence-corrected chi connectivity index (χ4v) is 3.04. The van der Waals surface area contributed by atoms with Gasteiger partial charge in [-0.05, 0) is 38.8 Å². The van der Waals surface area contributed by atoms with Crippen LogP contribution in [0.1, 0.15) is 32.8 Å². The lowest BCUT2D eigenvalue weighted by molar-refractivity contribution is 0.0257. The van der Waals surface area contributed by atoms with Crippen LogP contribution in [0.3, 0.4) is 0 Å². The van der Waals surface area contributed by atoms with Crippen LogP contribution in [-0.2, 0) is 11.3 Å². The first kappa shape index (κ1) is 16.8. The van der Waals surface area contributed by atoms with Gasteiger partial charge in [0.2, 0.25) is 0 Å². The van der Waals surface area contributed by atoms with Crippen molar-refractivity contribution < 1.29 is 9.53 Å². The second-order valence-electron chi connectivity index (χ2n) is 7.33. The standard InChI is InChI=1S/C18H26N4O2/c1-18(2,3)24-17(23)22-8-4-7-21(9-10-22)13-14-11-20-16-12-19-6-5-15(14)16/h5-6,11-12,20H,4,7-10,13H2,1-3H3. The number of carbonyl (C=O) groups is 1. The SMILES string of the molecule is CC(C)(C)OC(=O)N1CCCN(Cc2c[nH]c3cnccc23)CC1. The van der Waals surface area contributed by atoms with Gasteiger partial charge in [0.05, 0.1) is 11.7 Å². The van der Waals surface area contributed by atoms with Gasteiger partial charge < -0.3 is 14.6 Å². The second kappa shape index (κ2) is 6.81. The van der Waals surface area contributed by atoms with Crippen molar-refractivity contribution in [1.82, 2.24) is 19.8 Å². The van der Waals surface area contributed by atoms with Gasteiger partial charge >= 0.3 is 6.09 Å². The first-order valence-electron chi connectivity index (χ1n) is 8.53. The predicted molar refractivity (Wildman–Crippen MR) is 93.8 cm³/mol. The number of amides is 1. The maximum Gasteiger partial charge on any atom is 0.410 e. The molecule has 1 aliphatic rings. The molecule has 0 unspecified atom stereocenters. The average molecular weight is 330 g/mol. The fourth-order valence-electron chi connectivity index (χ4n) is 3.04. The van der Waals surface area contributed by atoms with Crippen LogP contribution in [0, 0.1) is 0 Å². The molecule has 0 aliphatic carbocycles. The van der Waals surface area contributed by atoms with Crippen molar-refractivity contribution in [1.29, 1.82) is 0 Å². The number of fused-ring (bicyclic) bond motifs is 1. The Bertz CT molecular complexity index is 704. The first-order chi connectivity index (χ1) is 11.4. The molecular weight excluding hydrogens is 304 g/mol. The van der Waals surface area contributed by atoms with Gasteiger partial charge in [-0.15, -0.1) is 0 Å². The lowest BCUT2D eigenvalue weighted by Gasteiger charge is -2.26. The van der Waals surface area contributed by atoms with Crippen molar-refractivity contribution in [2.75, 3.05) is 26.2 Å². The van der Waals surface area contributed by atoms with Gasteiger partial charge in [0.25, 0.3) is 0 Å². The van der Waals surface area contributed by atoms with E-state index in [4.69, 9.17) is 4.74 Å². The van der Waals surface area contributed by atoms with Gasteiger partial charge in [-0.3, -0.25) is 9.88 Å².